The molecule has 1 fully saturated rings. The summed E-state index contributed by atoms with van der Waals surface area (Å²) in [6.07, 6.45) is 0.624. The maximum atomic E-state index is 13.7. The van der Waals surface area contributed by atoms with E-state index in [4.69, 9.17) is 23.2 Å². The number of aromatic nitrogens is 4. The van der Waals surface area contributed by atoms with Gasteiger partial charge in [-0.15, -0.1) is 0 Å². The van der Waals surface area contributed by atoms with Crippen LogP contribution < -0.4 is 5.32 Å². The summed E-state index contributed by atoms with van der Waals surface area (Å²) in [5.74, 6) is -6.37. The molecule has 0 aliphatic heterocycles. The summed E-state index contributed by atoms with van der Waals surface area (Å²) in [4.78, 5) is 38.4. The molecule has 1 saturated carbocycles. The summed E-state index contributed by atoms with van der Waals surface area (Å²) >= 11 is 12.0. The Labute approximate surface area is 200 Å². The van der Waals surface area contributed by atoms with Gasteiger partial charge in [0.2, 0.25) is 17.5 Å². The van der Waals surface area contributed by atoms with Gasteiger partial charge >= 0.3 is 0 Å². The van der Waals surface area contributed by atoms with E-state index >= 15 is 0 Å². The van der Waals surface area contributed by atoms with Gasteiger partial charge in [0.1, 0.15) is 11.5 Å². The van der Waals surface area contributed by atoms with Crippen LogP contribution in [0.2, 0.25) is 10.0 Å². The average Bonchev–Trinajstić information content (AvgIpc) is 3.37. The molecular weight excluding hydrogens is 498 g/mol. The number of rotatable bonds is 7. The van der Waals surface area contributed by atoms with Crippen molar-refractivity contribution >= 4 is 46.4 Å². The second-order valence-corrected chi connectivity index (χ2v) is 8.96. The number of carbonyl (C=O) groups is 3. The van der Waals surface area contributed by atoms with Crippen LogP contribution in [0.15, 0.2) is 30.6 Å². The Bertz CT molecular complexity index is 1300. The number of Topliss-reactive ketones (excluding diaryl/α,β-unsaturated/α-hetero) is 2. The molecule has 0 atom stereocenters. The van der Waals surface area contributed by atoms with Gasteiger partial charge in [-0.05, 0) is 18.2 Å². The lowest BCUT2D eigenvalue weighted by atomic mass is 9.61. The Hall–Kier alpha value is -3.18. The van der Waals surface area contributed by atoms with Gasteiger partial charge in [-0.3, -0.25) is 14.4 Å². The maximum Gasteiger partial charge on any atom is 0.273 e. The number of aryl methyl sites for hydroxylation is 1. The van der Waals surface area contributed by atoms with Crippen molar-refractivity contribution in [3.8, 4) is 0 Å². The van der Waals surface area contributed by atoms with Crippen LogP contribution in [0.3, 0.4) is 0 Å². The molecule has 0 unspecified atom stereocenters. The highest BCUT2D eigenvalue weighted by molar-refractivity contribution is 6.48. The van der Waals surface area contributed by atoms with E-state index in [-0.39, 0.29) is 32.7 Å². The zero-order valence-corrected chi connectivity index (χ0v) is 19.0. The molecule has 0 bridgehead atoms. The molecule has 1 aliphatic rings. The fourth-order valence-electron chi connectivity index (χ4n) is 4.11. The average molecular weight is 514 g/mol. The second kappa shape index (κ2) is 8.55. The first-order valence-corrected chi connectivity index (χ1v) is 10.6. The topological polar surface area (TPSA) is 110 Å². The van der Waals surface area contributed by atoms with E-state index in [9.17, 15) is 27.6 Å². The molecule has 0 radical (unpaired) electrons. The van der Waals surface area contributed by atoms with Crippen molar-refractivity contribution in [3.05, 3.63) is 63.4 Å². The van der Waals surface area contributed by atoms with Gasteiger partial charge in [0.25, 0.3) is 5.91 Å². The largest absolute Gasteiger partial charge is 0.345 e. The first-order valence-electron chi connectivity index (χ1n) is 9.85. The van der Waals surface area contributed by atoms with Crippen LogP contribution in [0.4, 0.5) is 18.9 Å². The number of amides is 1. The number of aromatic amines is 1. The quantitative estimate of drug-likeness (QED) is 0.360. The molecule has 178 valence electrons. The van der Waals surface area contributed by atoms with Crippen molar-refractivity contribution in [2.45, 2.75) is 30.6 Å². The van der Waals surface area contributed by atoms with Crippen molar-refractivity contribution in [2.75, 3.05) is 5.32 Å². The van der Waals surface area contributed by atoms with E-state index in [1.807, 2.05) is 0 Å². The molecule has 2 N–H and O–H groups in total. The highest BCUT2D eigenvalue weighted by Crippen LogP contribution is 2.55. The predicted octanol–water partition coefficient (Wildman–Crippen LogP) is 4.35. The van der Waals surface area contributed by atoms with Crippen LogP contribution in [0.5, 0.6) is 0 Å². The Morgan fingerprint density at radius 3 is 2.53 bits per heavy atom. The van der Waals surface area contributed by atoms with Crippen LogP contribution in [0, 0.1) is 5.82 Å². The molecule has 0 spiro atoms. The van der Waals surface area contributed by atoms with Gasteiger partial charge < -0.3 is 9.88 Å². The highest BCUT2D eigenvalue weighted by Gasteiger charge is 2.59. The van der Waals surface area contributed by atoms with Crippen molar-refractivity contribution in [1.29, 1.82) is 0 Å². The standard InChI is InChI=1S/C21H16Cl2F3N5O3/c1-31-7-11(16(23)17(31)19(34)28-10-2-3-13(24)12(22)4-10)18(33)14(32)5-20(8-21(25,26)9-20)15-6-27-30-29-15/h2-4,6-7H,5,8-9H2,1H3,(H,28,34)(H,27,29,30). The molecule has 8 nitrogen and oxygen atoms in total. The molecule has 1 aliphatic carbocycles. The minimum absolute atomic E-state index is 0.139. The monoisotopic (exact) mass is 513 g/mol. The summed E-state index contributed by atoms with van der Waals surface area (Å²) in [6, 6.07) is 3.54. The number of carbonyl (C=O) groups excluding carboxylic acids is 3. The number of nitrogens with zero attached hydrogens (tertiary/aromatic N) is 3. The van der Waals surface area contributed by atoms with Crippen molar-refractivity contribution < 1.29 is 27.6 Å². The Balaban J connectivity index is 1.55. The summed E-state index contributed by atoms with van der Waals surface area (Å²) in [6.45, 7) is 0. The van der Waals surface area contributed by atoms with E-state index in [2.05, 4.69) is 20.7 Å². The number of anilines is 1. The normalized spacial score (nSPS) is 16.1. The minimum Gasteiger partial charge on any atom is -0.345 e. The molecule has 3 aromatic rings. The van der Waals surface area contributed by atoms with E-state index in [1.165, 1.54) is 36.1 Å². The van der Waals surface area contributed by atoms with Gasteiger partial charge in [-0.2, -0.15) is 15.4 Å². The molecule has 0 saturated heterocycles. The molecule has 34 heavy (non-hydrogen) atoms. The van der Waals surface area contributed by atoms with E-state index in [0.717, 1.165) is 6.07 Å². The summed E-state index contributed by atoms with van der Waals surface area (Å²) in [5, 5.41) is 11.7. The lowest BCUT2D eigenvalue weighted by Gasteiger charge is -2.45. The zero-order valence-electron chi connectivity index (χ0n) is 17.5. The number of hydrogen-bond acceptors (Lipinski definition) is 5. The van der Waals surface area contributed by atoms with Crippen LogP contribution in [0.25, 0.3) is 0 Å². The van der Waals surface area contributed by atoms with Crippen molar-refractivity contribution in [1.82, 2.24) is 20.0 Å². The fourth-order valence-corrected chi connectivity index (χ4v) is 4.64. The molecule has 13 heteroatoms. The van der Waals surface area contributed by atoms with E-state index in [1.54, 1.807) is 0 Å². The number of hydrogen-bond donors (Lipinski definition) is 2. The Kier molecular flexibility index (Phi) is 6.03. The van der Waals surface area contributed by atoms with Gasteiger partial charge in [0.05, 0.1) is 27.5 Å². The number of halogens is 5. The molecule has 1 amide bonds. The van der Waals surface area contributed by atoms with Gasteiger partial charge in [-0.1, -0.05) is 23.2 Å². The third-order valence-corrected chi connectivity index (χ3v) is 6.33. The van der Waals surface area contributed by atoms with Gasteiger partial charge in [0.15, 0.2) is 0 Å². The summed E-state index contributed by atoms with van der Waals surface area (Å²) in [7, 11) is 1.43. The van der Waals surface area contributed by atoms with Gasteiger partial charge in [-0.25, -0.2) is 13.2 Å². The SMILES string of the molecule is Cn1cc(C(=O)C(=O)CC2(c3cn[nH]n3)CC(F)(F)C2)c(Cl)c1C(=O)Nc1ccc(F)c(Cl)c1. The minimum atomic E-state index is -2.98. The molecular formula is C21H16Cl2F3N5O3. The molecule has 4 rings (SSSR count). The van der Waals surface area contributed by atoms with Crippen LogP contribution in [-0.2, 0) is 17.3 Å². The first kappa shape index (κ1) is 24.0. The number of nitrogens with one attached hydrogen (secondary N) is 2. The zero-order chi connectivity index (χ0) is 24.8. The first-order chi connectivity index (χ1) is 15.9. The van der Waals surface area contributed by atoms with E-state index in [0.29, 0.717) is 0 Å². The highest BCUT2D eigenvalue weighted by atomic mass is 35.5. The second-order valence-electron chi connectivity index (χ2n) is 8.17. The third kappa shape index (κ3) is 4.32. The fraction of sp³-hybridized carbons (Fsp3) is 0.286. The summed E-state index contributed by atoms with van der Waals surface area (Å²) in [5.41, 5.74) is -1.38. The molecule has 2 aromatic heterocycles. The summed E-state index contributed by atoms with van der Waals surface area (Å²) < 4.78 is 42.0. The smallest absolute Gasteiger partial charge is 0.273 e. The lowest BCUT2D eigenvalue weighted by molar-refractivity contribution is -0.139. The van der Waals surface area contributed by atoms with Crippen LogP contribution >= 0.6 is 23.2 Å². The maximum absolute atomic E-state index is 13.7. The molecule has 2 heterocycles. The van der Waals surface area contributed by atoms with Gasteiger partial charge in [0, 0.05) is 43.6 Å². The number of ketones is 2. The number of alkyl halides is 2. The molecule has 1 aromatic carbocycles. The predicted molar refractivity (Wildman–Crippen MR) is 116 cm³/mol. The van der Waals surface area contributed by atoms with Crippen molar-refractivity contribution in [3.63, 3.8) is 0 Å². The van der Waals surface area contributed by atoms with Crippen LogP contribution in [0.1, 0.15) is 45.8 Å². The Morgan fingerprint density at radius 2 is 1.94 bits per heavy atom. The number of benzene rings is 1. The Morgan fingerprint density at radius 1 is 1.24 bits per heavy atom. The van der Waals surface area contributed by atoms with Crippen molar-refractivity contribution in [2.24, 2.45) is 7.05 Å². The van der Waals surface area contributed by atoms with E-state index < -0.39 is 53.9 Å². The van der Waals surface area contributed by atoms with Crippen LogP contribution in [-0.4, -0.2) is 43.4 Å². The number of H-pyrrole nitrogens is 1. The lowest BCUT2D eigenvalue weighted by Crippen LogP contribution is -2.51. The third-order valence-electron chi connectivity index (χ3n) is 5.66.